The first-order chi connectivity index (χ1) is 13.5. The zero-order valence-corrected chi connectivity index (χ0v) is 17.7. The summed E-state index contributed by atoms with van der Waals surface area (Å²) < 4.78 is 17.3. The highest BCUT2D eigenvalue weighted by atomic mass is 16.5. The van der Waals surface area contributed by atoms with Gasteiger partial charge in [0.25, 0.3) is 0 Å². The summed E-state index contributed by atoms with van der Waals surface area (Å²) in [6.07, 6.45) is 13.6. The van der Waals surface area contributed by atoms with Crippen LogP contribution in [-0.2, 0) is 14.2 Å². The van der Waals surface area contributed by atoms with Gasteiger partial charge in [0.15, 0.2) is 0 Å². The first-order valence-electron chi connectivity index (χ1n) is 10.4. The SMILES string of the molecule is CCOC(C)(C)C#CC1=CC(N2CCC(OC3CC(OC)C3)CC2)=CC=C=C1. The van der Waals surface area contributed by atoms with Gasteiger partial charge in [-0.2, -0.15) is 0 Å². The van der Waals surface area contributed by atoms with Crippen LogP contribution in [0.5, 0.6) is 0 Å². The summed E-state index contributed by atoms with van der Waals surface area (Å²) >= 11 is 0. The van der Waals surface area contributed by atoms with Gasteiger partial charge >= 0.3 is 0 Å². The number of hydrogen-bond acceptors (Lipinski definition) is 4. The highest BCUT2D eigenvalue weighted by Gasteiger charge is 2.33. The van der Waals surface area contributed by atoms with E-state index in [2.05, 4.69) is 34.6 Å². The van der Waals surface area contributed by atoms with Crippen LogP contribution < -0.4 is 0 Å². The quantitative estimate of drug-likeness (QED) is 0.512. The van der Waals surface area contributed by atoms with E-state index in [0.717, 1.165) is 44.3 Å². The molecule has 4 nitrogen and oxygen atoms in total. The Morgan fingerprint density at radius 1 is 1.18 bits per heavy atom. The number of nitrogens with zero attached hydrogens (tertiary/aromatic N) is 1. The third-order valence-corrected chi connectivity index (χ3v) is 5.48. The van der Waals surface area contributed by atoms with Crippen molar-refractivity contribution in [1.29, 1.82) is 0 Å². The molecule has 1 aliphatic heterocycles. The average molecular weight is 384 g/mol. The number of hydrogen-bond donors (Lipinski definition) is 0. The van der Waals surface area contributed by atoms with Crippen molar-refractivity contribution < 1.29 is 14.2 Å². The fourth-order valence-electron chi connectivity index (χ4n) is 3.75. The molecule has 2 fully saturated rings. The second kappa shape index (κ2) is 9.63. The van der Waals surface area contributed by atoms with Crippen molar-refractivity contribution in [3.63, 3.8) is 0 Å². The maximum absolute atomic E-state index is 6.24. The lowest BCUT2D eigenvalue weighted by Crippen LogP contribution is -2.43. The van der Waals surface area contributed by atoms with Crippen LogP contribution >= 0.6 is 0 Å². The first-order valence-corrected chi connectivity index (χ1v) is 10.4. The Kier molecular flexibility index (Phi) is 7.21. The van der Waals surface area contributed by atoms with Crippen LogP contribution in [0.4, 0.5) is 0 Å². The molecule has 0 aromatic rings. The third-order valence-electron chi connectivity index (χ3n) is 5.48. The van der Waals surface area contributed by atoms with Gasteiger partial charge in [0, 0.05) is 38.1 Å². The highest BCUT2D eigenvalue weighted by Crippen LogP contribution is 2.29. The van der Waals surface area contributed by atoms with Crippen LogP contribution in [0.2, 0.25) is 0 Å². The highest BCUT2D eigenvalue weighted by molar-refractivity contribution is 5.46. The van der Waals surface area contributed by atoms with Gasteiger partial charge in [0.05, 0.1) is 18.3 Å². The molecule has 0 unspecified atom stereocenters. The van der Waals surface area contributed by atoms with Crippen molar-refractivity contribution in [3.8, 4) is 11.8 Å². The van der Waals surface area contributed by atoms with Crippen molar-refractivity contribution in [2.75, 3.05) is 26.8 Å². The Morgan fingerprint density at radius 3 is 2.61 bits per heavy atom. The molecule has 1 saturated heterocycles. The second-order valence-corrected chi connectivity index (χ2v) is 8.14. The molecule has 2 aliphatic carbocycles. The van der Waals surface area contributed by atoms with Crippen molar-refractivity contribution >= 4 is 0 Å². The molecular weight excluding hydrogens is 350 g/mol. The molecule has 0 atom stereocenters. The van der Waals surface area contributed by atoms with E-state index in [1.54, 1.807) is 7.11 Å². The Morgan fingerprint density at radius 2 is 1.93 bits per heavy atom. The Hall–Kier alpha value is -1.76. The molecule has 1 heterocycles. The molecule has 0 amide bonds. The van der Waals surface area contributed by atoms with Crippen LogP contribution in [0.3, 0.4) is 0 Å². The Balaban J connectivity index is 1.55. The van der Waals surface area contributed by atoms with Crippen molar-refractivity contribution in [1.82, 2.24) is 4.90 Å². The van der Waals surface area contributed by atoms with Gasteiger partial charge in [0.1, 0.15) is 5.60 Å². The summed E-state index contributed by atoms with van der Waals surface area (Å²) in [5.74, 6) is 6.49. The van der Waals surface area contributed by atoms with E-state index in [1.165, 1.54) is 5.70 Å². The maximum atomic E-state index is 6.24. The molecule has 152 valence electrons. The summed E-state index contributed by atoms with van der Waals surface area (Å²) in [6.45, 7) is 8.66. The summed E-state index contributed by atoms with van der Waals surface area (Å²) in [6, 6.07) is 0. The minimum absolute atomic E-state index is 0.370. The molecule has 0 radical (unpaired) electrons. The standard InChI is InChI=1S/C24H33NO3/c1-5-27-24(2,3)13-10-19-8-6-7-9-20(16-19)25-14-11-21(12-15-25)28-23-17-22(18-23)26-4/h7-9,16,21-23H,5,11-12,14-15,17-18H2,1-4H3. The predicted molar refractivity (Wildman–Crippen MR) is 112 cm³/mol. The molecular formula is C24H33NO3. The van der Waals surface area contributed by atoms with Gasteiger partial charge in [-0.05, 0) is 70.8 Å². The van der Waals surface area contributed by atoms with Crippen molar-refractivity contribution in [2.45, 2.75) is 70.4 Å². The van der Waals surface area contributed by atoms with E-state index in [-0.39, 0.29) is 0 Å². The summed E-state index contributed by atoms with van der Waals surface area (Å²) in [5, 5.41) is 0. The molecule has 1 saturated carbocycles. The normalized spacial score (nSPS) is 25.4. The molecule has 28 heavy (non-hydrogen) atoms. The second-order valence-electron chi connectivity index (χ2n) is 8.14. The van der Waals surface area contributed by atoms with Gasteiger partial charge < -0.3 is 19.1 Å². The van der Waals surface area contributed by atoms with E-state index in [4.69, 9.17) is 14.2 Å². The zero-order valence-electron chi connectivity index (χ0n) is 17.7. The van der Waals surface area contributed by atoms with E-state index < -0.39 is 5.60 Å². The molecule has 0 bridgehead atoms. The van der Waals surface area contributed by atoms with Gasteiger partial charge in [-0.15, -0.1) is 5.73 Å². The molecule has 4 heteroatoms. The third kappa shape index (κ3) is 5.87. The van der Waals surface area contributed by atoms with Crippen LogP contribution in [0, 0.1) is 11.8 Å². The van der Waals surface area contributed by atoms with Crippen LogP contribution in [0.25, 0.3) is 0 Å². The largest absolute Gasteiger partial charge is 0.381 e. The van der Waals surface area contributed by atoms with Crippen LogP contribution in [-0.4, -0.2) is 55.6 Å². The number of rotatable bonds is 6. The first kappa shape index (κ1) is 21.0. The summed E-state index contributed by atoms with van der Waals surface area (Å²) in [5.41, 5.74) is 4.91. The number of piperidine rings is 1. The Labute approximate surface area is 169 Å². The number of allylic oxidation sites excluding steroid dienone is 4. The Bertz CT molecular complexity index is 717. The molecule has 3 rings (SSSR count). The zero-order chi connectivity index (χ0) is 20.0. The van der Waals surface area contributed by atoms with Gasteiger partial charge in [-0.3, -0.25) is 0 Å². The lowest BCUT2D eigenvalue weighted by atomic mass is 9.91. The maximum Gasteiger partial charge on any atom is 0.123 e. The number of likely N-dealkylation sites (tertiary alicyclic amines) is 1. The topological polar surface area (TPSA) is 30.9 Å². The fourth-order valence-corrected chi connectivity index (χ4v) is 3.75. The minimum atomic E-state index is -0.442. The molecule has 3 aliphatic rings. The molecule has 0 aromatic carbocycles. The lowest BCUT2D eigenvalue weighted by molar-refractivity contribution is -0.124. The van der Waals surface area contributed by atoms with E-state index in [1.807, 2.05) is 32.9 Å². The predicted octanol–water partition coefficient (Wildman–Crippen LogP) is 4.00. The van der Waals surface area contributed by atoms with Gasteiger partial charge in [-0.1, -0.05) is 11.8 Å². The molecule has 0 N–H and O–H groups in total. The monoisotopic (exact) mass is 383 g/mol. The van der Waals surface area contributed by atoms with Gasteiger partial charge in [-0.25, -0.2) is 0 Å². The van der Waals surface area contributed by atoms with Crippen molar-refractivity contribution in [3.05, 3.63) is 41.3 Å². The molecule has 0 spiro atoms. The van der Waals surface area contributed by atoms with E-state index in [0.29, 0.717) is 24.9 Å². The van der Waals surface area contributed by atoms with E-state index >= 15 is 0 Å². The fraction of sp³-hybridized carbons (Fsp3) is 0.625. The molecule has 0 aromatic heterocycles. The summed E-state index contributed by atoms with van der Waals surface area (Å²) in [7, 11) is 1.78. The van der Waals surface area contributed by atoms with Crippen LogP contribution in [0.1, 0.15) is 46.5 Å². The van der Waals surface area contributed by atoms with Crippen molar-refractivity contribution in [2.24, 2.45) is 0 Å². The number of ether oxygens (including phenoxy) is 3. The number of methoxy groups -OCH3 is 1. The van der Waals surface area contributed by atoms with E-state index in [9.17, 15) is 0 Å². The summed E-state index contributed by atoms with van der Waals surface area (Å²) in [4.78, 5) is 2.42. The van der Waals surface area contributed by atoms with Gasteiger partial charge in [0.2, 0.25) is 0 Å². The lowest BCUT2D eigenvalue weighted by Gasteiger charge is -2.40. The smallest absolute Gasteiger partial charge is 0.123 e. The average Bonchev–Trinajstić information content (AvgIpc) is 2.89. The minimum Gasteiger partial charge on any atom is -0.381 e. The van der Waals surface area contributed by atoms with Crippen LogP contribution in [0.15, 0.2) is 41.3 Å².